The van der Waals surface area contributed by atoms with E-state index in [1.54, 1.807) is 22.8 Å². The van der Waals surface area contributed by atoms with Gasteiger partial charge in [0.25, 0.3) is 0 Å². The maximum atomic E-state index is 12.6. The van der Waals surface area contributed by atoms with Crippen molar-refractivity contribution in [1.82, 2.24) is 19.8 Å². The standard InChI is InChI=1S/C26H40ClN5O2S/c1-5-6-7-8-9-10-11-12-13-14-18-35(33,34)31-21-17-15-16-20(19-21)24-28-25-22(27)23(26(2,3)4)29-32(25)30-24/h15-17,19,29,31H,5-14,18H2,1-4H3. The van der Waals surface area contributed by atoms with Gasteiger partial charge in [-0.25, -0.2) is 13.4 Å². The smallest absolute Gasteiger partial charge is 0.232 e. The van der Waals surface area contributed by atoms with Gasteiger partial charge in [-0.15, -0.1) is 5.10 Å². The zero-order valence-corrected chi connectivity index (χ0v) is 23.1. The summed E-state index contributed by atoms with van der Waals surface area (Å²) in [6.45, 7) is 8.43. The fourth-order valence-electron chi connectivity index (χ4n) is 4.15. The van der Waals surface area contributed by atoms with Gasteiger partial charge in [0.15, 0.2) is 11.5 Å². The first-order valence-electron chi connectivity index (χ1n) is 12.9. The molecule has 0 saturated heterocycles. The van der Waals surface area contributed by atoms with Crippen LogP contribution in [0.4, 0.5) is 5.69 Å². The molecule has 194 valence electrons. The number of nitrogens with one attached hydrogen (secondary N) is 2. The molecule has 1 aromatic carbocycles. The van der Waals surface area contributed by atoms with Crippen LogP contribution in [-0.4, -0.2) is 34.0 Å². The molecular formula is C26H40ClN5O2S. The Kier molecular flexibility index (Phi) is 9.64. The lowest BCUT2D eigenvalue weighted by Gasteiger charge is -2.16. The molecule has 0 amide bonds. The van der Waals surface area contributed by atoms with Gasteiger partial charge in [0.2, 0.25) is 10.0 Å². The van der Waals surface area contributed by atoms with Gasteiger partial charge >= 0.3 is 0 Å². The third-order valence-corrected chi connectivity index (χ3v) is 7.88. The van der Waals surface area contributed by atoms with Gasteiger partial charge < -0.3 is 0 Å². The van der Waals surface area contributed by atoms with Crippen LogP contribution in [0, 0.1) is 0 Å². The molecular weight excluding hydrogens is 482 g/mol. The molecule has 35 heavy (non-hydrogen) atoms. The second kappa shape index (κ2) is 12.3. The Labute approximate surface area is 215 Å². The van der Waals surface area contributed by atoms with E-state index in [0.29, 0.717) is 28.6 Å². The fourth-order valence-corrected chi connectivity index (χ4v) is 5.77. The Morgan fingerprint density at radius 3 is 2.23 bits per heavy atom. The van der Waals surface area contributed by atoms with Crippen molar-refractivity contribution in [3.05, 3.63) is 35.0 Å². The van der Waals surface area contributed by atoms with Crippen molar-refractivity contribution in [3.63, 3.8) is 0 Å². The number of anilines is 1. The molecule has 2 aromatic heterocycles. The average molecular weight is 522 g/mol. The molecule has 0 spiro atoms. The molecule has 0 aliphatic rings. The first-order valence-corrected chi connectivity index (χ1v) is 14.9. The highest BCUT2D eigenvalue weighted by Gasteiger charge is 2.24. The number of nitrogens with zero attached hydrogens (tertiary/aromatic N) is 3. The summed E-state index contributed by atoms with van der Waals surface area (Å²) in [5.41, 5.74) is 2.49. The van der Waals surface area contributed by atoms with Gasteiger partial charge in [-0.2, -0.15) is 4.63 Å². The summed E-state index contributed by atoms with van der Waals surface area (Å²) in [4.78, 5) is 4.57. The zero-order chi connectivity index (χ0) is 25.5. The van der Waals surface area contributed by atoms with Crippen molar-refractivity contribution >= 4 is 33.0 Å². The second-order valence-corrected chi connectivity index (χ2v) is 12.6. The van der Waals surface area contributed by atoms with Gasteiger partial charge in [0.1, 0.15) is 5.02 Å². The Morgan fingerprint density at radius 2 is 1.63 bits per heavy atom. The number of rotatable bonds is 14. The summed E-state index contributed by atoms with van der Waals surface area (Å²) >= 11 is 6.53. The summed E-state index contributed by atoms with van der Waals surface area (Å²) in [5, 5.41) is 8.25. The normalized spacial score (nSPS) is 12.5. The number of aromatic nitrogens is 4. The molecule has 0 saturated carbocycles. The zero-order valence-electron chi connectivity index (χ0n) is 21.5. The van der Waals surface area contributed by atoms with E-state index in [2.05, 4.69) is 47.6 Å². The number of hydrogen-bond acceptors (Lipinski definition) is 4. The van der Waals surface area contributed by atoms with E-state index in [1.807, 2.05) is 6.07 Å². The minimum absolute atomic E-state index is 0.130. The van der Waals surface area contributed by atoms with Crippen molar-refractivity contribution in [2.24, 2.45) is 0 Å². The predicted octanol–water partition coefficient (Wildman–Crippen LogP) is 7.34. The van der Waals surface area contributed by atoms with Gasteiger partial charge in [0.05, 0.1) is 11.4 Å². The van der Waals surface area contributed by atoms with E-state index in [-0.39, 0.29) is 11.2 Å². The summed E-state index contributed by atoms with van der Waals surface area (Å²) in [6.07, 6.45) is 11.7. The summed E-state index contributed by atoms with van der Waals surface area (Å²) in [5.74, 6) is 0.610. The average Bonchev–Trinajstić information content (AvgIpc) is 3.34. The largest absolute Gasteiger partial charge is 0.284 e. The maximum Gasteiger partial charge on any atom is 0.232 e. The van der Waals surface area contributed by atoms with Crippen LogP contribution in [0.25, 0.3) is 17.0 Å². The van der Waals surface area contributed by atoms with Crippen LogP contribution in [0.3, 0.4) is 0 Å². The Balaban J connectivity index is 1.51. The molecule has 2 heterocycles. The van der Waals surface area contributed by atoms with Crippen LogP contribution in [0.5, 0.6) is 0 Å². The molecule has 0 radical (unpaired) electrons. The fraction of sp³-hybridized carbons (Fsp3) is 0.615. The summed E-state index contributed by atoms with van der Waals surface area (Å²) in [7, 11) is -3.41. The molecule has 0 fully saturated rings. The van der Waals surface area contributed by atoms with Crippen molar-refractivity contribution in [2.45, 2.75) is 97.3 Å². The SMILES string of the molecule is CCCCCCCCCCCCS(=O)(=O)Nc1cccc(-c2nc3c(Cl)c(C(C)(C)C)[nH]n3n2)c1. The number of hydrogen-bond donors (Lipinski definition) is 2. The predicted molar refractivity (Wildman–Crippen MR) is 146 cm³/mol. The van der Waals surface area contributed by atoms with Crippen LogP contribution in [0.1, 0.15) is 97.6 Å². The van der Waals surface area contributed by atoms with Crippen molar-refractivity contribution < 1.29 is 8.42 Å². The number of H-pyrrole nitrogens is 1. The minimum atomic E-state index is -3.41. The monoisotopic (exact) mass is 521 g/mol. The highest BCUT2D eigenvalue weighted by Crippen LogP contribution is 2.32. The van der Waals surface area contributed by atoms with Crippen molar-refractivity contribution in [2.75, 3.05) is 10.5 Å². The van der Waals surface area contributed by atoms with Gasteiger partial charge in [-0.05, 0) is 18.6 Å². The molecule has 9 heteroatoms. The number of halogens is 1. The molecule has 7 nitrogen and oxygen atoms in total. The molecule has 0 bridgehead atoms. The van der Waals surface area contributed by atoms with E-state index in [1.165, 1.54) is 44.9 Å². The van der Waals surface area contributed by atoms with Gasteiger partial charge in [-0.3, -0.25) is 9.82 Å². The second-order valence-electron chi connectivity index (χ2n) is 10.4. The van der Waals surface area contributed by atoms with E-state index in [4.69, 9.17) is 11.6 Å². The summed E-state index contributed by atoms with van der Waals surface area (Å²) < 4.78 is 29.5. The number of fused-ring (bicyclic) bond motifs is 1. The quantitative estimate of drug-likeness (QED) is 0.217. The van der Waals surface area contributed by atoms with Crippen LogP contribution >= 0.6 is 11.6 Å². The molecule has 3 rings (SSSR count). The molecule has 0 aliphatic carbocycles. The molecule has 3 aromatic rings. The lowest BCUT2D eigenvalue weighted by atomic mass is 9.92. The van der Waals surface area contributed by atoms with Crippen molar-refractivity contribution in [3.8, 4) is 11.4 Å². The number of sulfonamides is 1. The van der Waals surface area contributed by atoms with Crippen LogP contribution in [-0.2, 0) is 15.4 Å². The van der Waals surface area contributed by atoms with Crippen molar-refractivity contribution in [1.29, 1.82) is 0 Å². The minimum Gasteiger partial charge on any atom is -0.284 e. The third kappa shape index (κ3) is 7.97. The van der Waals surface area contributed by atoms with Gasteiger partial charge in [-0.1, -0.05) is 109 Å². The van der Waals surface area contributed by atoms with E-state index >= 15 is 0 Å². The topological polar surface area (TPSA) is 92.1 Å². The maximum absolute atomic E-state index is 12.6. The number of benzene rings is 1. The Hall–Kier alpha value is -2.06. The molecule has 0 aliphatic heterocycles. The summed E-state index contributed by atoms with van der Waals surface area (Å²) in [6, 6.07) is 7.15. The lowest BCUT2D eigenvalue weighted by molar-refractivity contribution is 0.557. The van der Waals surface area contributed by atoms with Crippen LogP contribution < -0.4 is 4.72 Å². The number of aromatic amines is 1. The first kappa shape index (κ1) is 27.5. The highest BCUT2D eigenvalue weighted by molar-refractivity contribution is 7.92. The highest BCUT2D eigenvalue weighted by atomic mass is 35.5. The van der Waals surface area contributed by atoms with Crippen LogP contribution in [0.15, 0.2) is 24.3 Å². The number of unbranched alkanes of at least 4 members (excludes halogenated alkanes) is 9. The van der Waals surface area contributed by atoms with Gasteiger partial charge in [0, 0.05) is 16.7 Å². The van der Waals surface area contributed by atoms with E-state index in [0.717, 1.165) is 24.1 Å². The first-order chi connectivity index (χ1) is 16.6. The third-order valence-electron chi connectivity index (χ3n) is 6.15. The molecule has 0 atom stereocenters. The Morgan fingerprint density at radius 1 is 1.00 bits per heavy atom. The van der Waals surface area contributed by atoms with E-state index < -0.39 is 10.0 Å². The van der Waals surface area contributed by atoms with E-state index in [9.17, 15) is 8.42 Å². The molecule has 0 unspecified atom stereocenters. The Bertz CT molecular complexity index is 1190. The lowest BCUT2D eigenvalue weighted by Crippen LogP contribution is -2.16. The van der Waals surface area contributed by atoms with Crippen LogP contribution in [0.2, 0.25) is 5.02 Å². The molecule has 2 N–H and O–H groups in total.